The van der Waals surface area contributed by atoms with Crippen LogP contribution in [0.4, 0.5) is 5.82 Å². The fourth-order valence-corrected chi connectivity index (χ4v) is 3.28. The van der Waals surface area contributed by atoms with E-state index in [1.807, 2.05) is 13.8 Å². The number of anilines is 1. The number of hydrogen-bond donors (Lipinski definition) is 1. The van der Waals surface area contributed by atoms with Crippen molar-refractivity contribution in [2.75, 3.05) is 51.2 Å². The maximum Gasteiger partial charge on any atom is 0.150 e. The molecule has 0 radical (unpaired) electrons. The Morgan fingerprint density at radius 3 is 2.57 bits per heavy atom. The molecular formula is C15H25N5O. The van der Waals surface area contributed by atoms with Crippen LogP contribution in [0.25, 0.3) is 0 Å². The zero-order valence-corrected chi connectivity index (χ0v) is 13.2. The zero-order chi connectivity index (χ0) is 15.0. The zero-order valence-electron chi connectivity index (χ0n) is 13.2. The van der Waals surface area contributed by atoms with Gasteiger partial charge >= 0.3 is 0 Å². The molecule has 6 nitrogen and oxygen atoms in total. The van der Waals surface area contributed by atoms with Gasteiger partial charge in [0.2, 0.25) is 0 Å². The number of aryl methyl sites for hydroxylation is 2. The first kappa shape index (κ1) is 14.7. The van der Waals surface area contributed by atoms with Gasteiger partial charge in [-0.05, 0) is 20.9 Å². The van der Waals surface area contributed by atoms with Crippen LogP contribution in [-0.2, 0) is 0 Å². The number of rotatable bonds is 2. The predicted molar refractivity (Wildman–Crippen MR) is 82.6 cm³/mol. The van der Waals surface area contributed by atoms with E-state index in [4.69, 9.17) is 0 Å². The van der Waals surface area contributed by atoms with Crippen molar-refractivity contribution in [3.05, 3.63) is 17.6 Å². The van der Waals surface area contributed by atoms with Gasteiger partial charge in [0.05, 0.1) is 23.5 Å². The van der Waals surface area contributed by atoms with Crippen LogP contribution in [0.2, 0.25) is 0 Å². The normalized spacial score (nSPS) is 28.3. The van der Waals surface area contributed by atoms with Crippen LogP contribution in [0, 0.1) is 13.8 Å². The Bertz CT molecular complexity index is 501. The molecule has 0 unspecified atom stereocenters. The molecule has 2 saturated heterocycles. The van der Waals surface area contributed by atoms with Gasteiger partial charge < -0.3 is 14.9 Å². The van der Waals surface area contributed by atoms with Crippen LogP contribution in [0.3, 0.4) is 0 Å². The van der Waals surface area contributed by atoms with E-state index in [9.17, 15) is 5.11 Å². The molecule has 0 aliphatic carbocycles. The molecule has 6 heteroatoms. The van der Waals surface area contributed by atoms with Crippen molar-refractivity contribution in [3.63, 3.8) is 0 Å². The minimum absolute atomic E-state index is 0.209. The molecule has 0 saturated carbocycles. The molecule has 2 fully saturated rings. The Labute approximate surface area is 126 Å². The molecule has 0 spiro atoms. The maximum absolute atomic E-state index is 10.5. The van der Waals surface area contributed by atoms with Gasteiger partial charge in [0.15, 0.2) is 0 Å². The van der Waals surface area contributed by atoms with E-state index in [0.717, 1.165) is 49.9 Å². The maximum atomic E-state index is 10.5. The summed E-state index contributed by atoms with van der Waals surface area (Å²) in [4.78, 5) is 15.9. The van der Waals surface area contributed by atoms with E-state index in [0.29, 0.717) is 6.54 Å². The monoisotopic (exact) mass is 291 g/mol. The van der Waals surface area contributed by atoms with Gasteiger partial charge in [0, 0.05) is 45.5 Å². The second kappa shape index (κ2) is 5.87. The molecule has 0 bridgehead atoms. The first-order chi connectivity index (χ1) is 10.0. The number of piperazine rings is 1. The fourth-order valence-electron chi connectivity index (χ4n) is 3.28. The first-order valence-corrected chi connectivity index (χ1v) is 7.70. The van der Waals surface area contributed by atoms with Crippen molar-refractivity contribution in [2.24, 2.45) is 0 Å². The summed E-state index contributed by atoms with van der Waals surface area (Å²) in [6.45, 7) is 9.64. The first-order valence-electron chi connectivity index (χ1n) is 7.70. The van der Waals surface area contributed by atoms with Crippen LogP contribution < -0.4 is 4.90 Å². The lowest BCUT2D eigenvalue weighted by atomic mass is 10.1. The number of aliphatic hydroxyl groups excluding tert-OH is 1. The number of β-amino-alcohol motifs (C(OH)–C–C–N with tert-alkyl or cyclic N) is 1. The summed E-state index contributed by atoms with van der Waals surface area (Å²) in [5.74, 6) is 0.922. The standard InChI is InChI=1S/C15H25N5O/c1-11-8-16-12(2)15(17-11)20-9-13(14(21)10-20)19-6-4-18(3)5-7-19/h8,13-14,21H,4-7,9-10H2,1-3H3/t13-,14-/m0/s1. The van der Waals surface area contributed by atoms with Gasteiger partial charge in [0.1, 0.15) is 5.82 Å². The van der Waals surface area contributed by atoms with Crippen LogP contribution in [0.1, 0.15) is 11.4 Å². The average molecular weight is 291 g/mol. The summed E-state index contributed by atoms with van der Waals surface area (Å²) in [6, 6.07) is 0.209. The highest BCUT2D eigenvalue weighted by Crippen LogP contribution is 2.24. The van der Waals surface area contributed by atoms with Crippen molar-refractivity contribution in [1.82, 2.24) is 19.8 Å². The fraction of sp³-hybridized carbons (Fsp3) is 0.733. The molecule has 0 aromatic carbocycles. The Kier molecular flexibility index (Phi) is 4.10. The smallest absolute Gasteiger partial charge is 0.150 e. The van der Waals surface area contributed by atoms with E-state index >= 15 is 0 Å². The van der Waals surface area contributed by atoms with Crippen molar-refractivity contribution in [2.45, 2.75) is 26.0 Å². The van der Waals surface area contributed by atoms with Gasteiger partial charge in [0.25, 0.3) is 0 Å². The Morgan fingerprint density at radius 2 is 1.86 bits per heavy atom. The Hall–Kier alpha value is -1.24. The van der Waals surface area contributed by atoms with Crippen molar-refractivity contribution in [1.29, 1.82) is 0 Å². The lowest BCUT2D eigenvalue weighted by Gasteiger charge is -2.37. The van der Waals surface area contributed by atoms with Crippen molar-refractivity contribution >= 4 is 5.82 Å². The summed E-state index contributed by atoms with van der Waals surface area (Å²) in [5, 5.41) is 10.5. The third-order valence-electron chi connectivity index (χ3n) is 4.62. The van der Waals surface area contributed by atoms with Gasteiger partial charge in [-0.25, -0.2) is 4.98 Å². The minimum Gasteiger partial charge on any atom is -0.390 e. The predicted octanol–water partition coefficient (Wildman–Crippen LogP) is -0.110. The van der Waals surface area contributed by atoms with E-state index in [2.05, 4.69) is 31.7 Å². The van der Waals surface area contributed by atoms with Crippen LogP contribution in [-0.4, -0.2) is 83.3 Å². The number of nitrogens with zero attached hydrogens (tertiary/aromatic N) is 5. The van der Waals surface area contributed by atoms with E-state index in [1.54, 1.807) is 6.20 Å². The highest BCUT2D eigenvalue weighted by atomic mass is 16.3. The Balaban J connectivity index is 1.72. The molecule has 2 atom stereocenters. The molecule has 1 N–H and O–H groups in total. The molecule has 1 aromatic heterocycles. The summed E-state index contributed by atoms with van der Waals surface area (Å²) in [7, 11) is 2.15. The molecule has 21 heavy (non-hydrogen) atoms. The molecular weight excluding hydrogens is 266 g/mol. The van der Waals surface area contributed by atoms with Crippen LogP contribution in [0.5, 0.6) is 0 Å². The summed E-state index contributed by atoms with van der Waals surface area (Å²) >= 11 is 0. The van der Waals surface area contributed by atoms with Gasteiger partial charge in [-0.3, -0.25) is 9.88 Å². The lowest BCUT2D eigenvalue weighted by molar-refractivity contribution is 0.0512. The molecule has 3 heterocycles. The van der Waals surface area contributed by atoms with E-state index < -0.39 is 0 Å². The number of hydrogen-bond acceptors (Lipinski definition) is 6. The highest BCUT2D eigenvalue weighted by Gasteiger charge is 2.37. The van der Waals surface area contributed by atoms with Crippen LogP contribution >= 0.6 is 0 Å². The summed E-state index contributed by atoms with van der Waals surface area (Å²) in [6.07, 6.45) is 1.48. The largest absolute Gasteiger partial charge is 0.390 e. The number of aromatic nitrogens is 2. The van der Waals surface area contributed by atoms with Gasteiger partial charge in [-0.1, -0.05) is 0 Å². The topological polar surface area (TPSA) is 55.7 Å². The summed E-state index contributed by atoms with van der Waals surface area (Å²) < 4.78 is 0. The lowest BCUT2D eigenvalue weighted by Crippen LogP contribution is -2.52. The Morgan fingerprint density at radius 1 is 1.14 bits per heavy atom. The molecule has 3 rings (SSSR count). The average Bonchev–Trinajstić information content (AvgIpc) is 2.84. The van der Waals surface area contributed by atoms with Gasteiger partial charge in [-0.2, -0.15) is 0 Å². The molecule has 2 aliphatic rings. The molecule has 116 valence electrons. The van der Waals surface area contributed by atoms with E-state index in [-0.39, 0.29) is 12.1 Å². The number of aliphatic hydroxyl groups is 1. The third-order valence-corrected chi connectivity index (χ3v) is 4.62. The third kappa shape index (κ3) is 3.02. The second-order valence-corrected chi connectivity index (χ2v) is 6.30. The molecule has 0 amide bonds. The minimum atomic E-state index is -0.310. The summed E-state index contributed by atoms with van der Waals surface area (Å²) in [5.41, 5.74) is 1.86. The van der Waals surface area contributed by atoms with Gasteiger partial charge in [-0.15, -0.1) is 0 Å². The second-order valence-electron chi connectivity index (χ2n) is 6.30. The quantitative estimate of drug-likeness (QED) is 0.820. The molecule has 2 aliphatic heterocycles. The van der Waals surface area contributed by atoms with Crippen molar-refractivity contribution in [3.8, 4) is 0 Å². The molecule has 1 aromatic rings. The van der Waals surface area contributed by atoms with Crippen LogP contribution in [0.15, 0.2) is 6.20 Å². The number of likely N-dealkylation sites (N-methyl/N-ethyl adjacent to an activating group) is 1. The van der Waals surface area contributed by atoms with E-state index in [1.165, 1.54) is 0 Å². The highest BCUT2D eigenvalue weighted by molar-refractivity contribution is 5.45. The van der Waals surface area contributed by atoms with Crippen molar-refractivity contribution < 1.29 is 5.11 Å². The SMILES string of the molecule is Cc1cnc(C)c(N2C[C@H](O)[C@@H](N3CCN(C)CC3)C2)n1.